The van der Waals surface area contributed by atoms with Crippen LogP contribution < -0.4 is 14.2 Å². The quantitative estimate of drug-likeness (QED) is 0.188. The molecule has 1 N–H and O–H groups in total. The monoisotopic (exact) mass is 490 g/mol. The summed E-state index contributed by atoms with van der Waals surface area (Å²) in [6, 6.07) is 17.0. The van der Waals surface area contributed by atoms with Gasteiger partial charge in [0, 0.05) is 18.2 Å². The fourth-order valence-electron chi connectivity index (χ4n) is 3.44. The standard InChI is InChI=1S/C25H19ClN4O5/c1-33-19-6-7-21-22(12-19)29-25(28-21)17(13-27)8-16-10-20(26)24(23(11-16)34-2)35-14-15-4-3-5-18(9-15)30(31)32/h3-12H,14H2,1-2H3,(H,28,29). The molecule has 0 amide bonds. The van der Waals surface area contributed by atoms with Crippen LogP contribution in [0.4, 0.5) is 5.69 Å². The van der Waals surface area contributed by atoms with Crippen molar-refractivity contribution in [2.24, 2.45) is 0 Å². The van der Waals surface area contributed by atoms with Crippen molar-refractivity contribution in [1.82, 2.24) is 9.97 Å². The highest BCUT2D eigenvalue weighted by Crippen LogP contribution is 2.38. The van der Waals surface area contributed by atoms with E-state index in [1.165, 1.54) is 19.2 Å². The Balaban J connectivity index is 1.62. The van der Waals surface area contributed by atoms with Gasteiger partial charge in [-0.3, -0.25) is 10.1 Å². The number of hydrogen-bond donors (Lipinski definition) is 1. The van der Waals surface area contributed by atoms with Crippen molar-refractivity contribution in [1.29, 1.82) is 5.26 Å². The van der Waals surface area contributed by atoms with Gasteiger partial charge in [0.05, 0.1) is 40.8 Å². The molecule has 1 heterocycles. The third-order valence-electron chi connectivity index (χ3n) is 5.13. The average molecular weight is 491 g/mol. The van der Waals surface area contributed by atoms with E-state index in [2.05, 4.69) is 16.0 Å². The molecule has 0 spiro atoms. The summed E-state index contributed by atoms with van der Waals surface area (Å²) in [5.41, 5.74) is 2.91. The number of nitriles is 1. The van der Waals surface area contributed by atoms with Crippen molar-refractivity contribution in [3.63, 3.8) is 0 Å². The number of non-ortho nitro benzene ring substituents is 1. The van der Waals surface area contributed by atoms with Gasteiger partial charge in [0.25, 0.3) is 5.69 Å². The summed E-state index contributed by atoms with van der Waals surface area (Å²) < 4.78 is 16.5. The zero-order chi connectivity index (χ0) is 24.9. The highest BCUT2D eigenvalue weighted by atomic mass is 35.5. The Kier molecular flexibility index (Phi) is 6.85. The molecule has 0 aliphatic carbocycles. The number of aromatic nitrogens is 2. The van der Waals surface area contributed by atoms with E-state index in [4.69, 9.17) is 25.8 Å². The number of halogens is 1. The predicted octanol–water partition coefficient (Wildman–Crippen LogP) is 5.78. The molecule has 1 aromatic heterocycles. The van der Waals surface area contributed by atoms with Crippen LogP contribution in [0.15, 0.2) is 54.6 Å². The molecule has 0 unspecified atom stereocenters. The van der Waals surface area contributed by atoms with Crippen molar-refractivity contribution in [2.75, 3.05) is 14.2 Å². The topological polar surface area (TPSA) is 123 Å². The minimum Gasteiger partial charge on any atom is -0.497 e. The predicted molar refractivity (Wildman–Crippen MR) is 132 cm³/mol. The summed E-state index contributed by atoms with van der Waals surface area (Å²) in [5.74, 6) is 1.71. The van der Waals surface area contributed by atoms with Crippen LogP contribution in [0.1, 0.15) is 17.0 Å². The van der Waals surface area contributed by atoms with E-state index in [9.17, 15) is 15.4 Å². The lowest BCUT2D eigenvalue weighted by Crippen LogP contribution is -2.00. The van der Waals surface area contributed by atoms with E-state index in [-0.39, 0.29) is 23.1 Å². The molecular formula is C25H19ClN4O5. The Labute approximate surface area is 205 Å². The molecule has 0 atom stereocenters. The molecule has 4 rings (SSSR count). The zero-order valence-corrected chi connectivity index (χ0v) is 19.5. The second-order valence-corrected chi connectivity index (χ2v) is 7.80. The summed E-state index contributed by atoms with van der Waals surface area (Å²) >= 11 is 6.47. The first-order valence-electron chi connectivity index (χ1n) is 10.3. The lowest BCUT2D eigenvalue weighted by atomic mass is 10.1. The molecule has 176 valence electrons. The first-order valence-corrected chi connectivity index (χ1v) is 10.7. The molecule has 3 aromatic carbocycles. The highest BCUT2D eigenvalue weighted by molar-refractivity contribution is 6.32. The molecular weight excluding hydrogens is 472 g/mol. The second kappa shape index (κ2) is 10.2. The van der Waals surface area contributed by atoms with E-state index in [1.807, 2.05) is 0 Å². The molecule has 0 fully saturated rings. The average Bonchev–Trinajstić information content (AvgIpc) is 3.29. The number of allylic oxidation sites excluding steroid dienone is 1. The van der Waals surface area contributed by atoms with E-state index >= 15 is 0 Å². The number of nitrogens with one attached hydrogen (secondary N) is 1. The summed E-state index contributed by atoms with van der Waals surface area (Å²) in [4.78, 5) is 18.1. The number of benzene rings is 3. The molecule has 0 aliphatic rings. The first-order chi connectivity index (χ1) is 16.9. The van der Waals surface area contributed by atoms with Gasteiger partial charge in [0.2, 0.25) is 0 Å². The third-order valence-corrected chi connectivity index (χ3v) is 5.41. The fourth-order valence-corrected chi connectivity index (χ4v) is 3.72. The van der Waals surface area contributed by atoms with E-state index in [0.29, 0.717) is 39.5 Å². The minimum absolute atomic E-state index is 0.0299. The zero-order valence-electron chi connectivity index (χ0n) is 18.7. The largest absolute Gasteiger partial charge is 0.497 e. The smallest absolute Gasteiger partial charge is 0.269 e. The number of rotatable bonds is 8. The number of imidazole rings is 1. The van der Waals surface area contributed by atoms with Gasteiger partial charge in [-0.05, 0) is 41.5 Å². The Morgan fingerprint density at radius 1 is 1.20 bits per heavy atom. The molecule has 35 heavy (non-hydrogen) atoms. The molecule has 0 saturated carbocycles. The highest BCUT2D eigenvalue weighted by Gasteiger charge is 2.15. The number of nitro groups is 1. The lowest BCUT2D eigenvalue weighted by Gasteiger charge is -2.13. The van der Waals surface area contributed by atoms with Crippen LogP contribution in [-0.4, -0.2) is 29.1 Å². The Hall–Kier alpha value is -4.55. The van der Waals surface area contributed by atoms with Gasteiger partial charge in [-0.15, -0.1) is 0 Å². The van der Waals surface area contributed by atoms with Crippen molar-refractivity contribution in [3.05, 3.63) is 86.7 Å². The number of ether oxygens (including phenoxy) is 3. The van der Waals surface area contributed by atoms with Gasteiger partial charge in [0.15, 0.2) is 11.5 Å². The SMILES string of the molecule is COc1ccc2nc(C(C#N)=Cc3cc(Cl)c(OCc4cccc([N+](=O)[O-])c4)c(OC)c3)[nH]c2c1. The molecule has 10 heteroatoms. The van der Waals surface area contributed by atoms with E-state index in [1.54, 1.807) is 55.7 Å². The second-order valence-electron chi connectivity index (χ2n) is 7.39. The van der Waals surface area contributed by atoms with Crippen molar-refractivity contribution >= 4 is 40.0 Å². The number of aromatic amines is 1. The Bertz CT molecular complexity index is 1490. The fraction of sp³-hybridized carbons (Fsp3) is 0.120. The number of methoxy groups -OCH3 is 2. The van der Waals surface area contributed by atoms with Gasteiger partial charge in [0.1, 0.15) is 24.3 Å². The minimum atomic E-state index is -0.469. The number of nitrogens with zero attached hydrogens (tertiary/aromatic N) is 3. The molecule has 4 aromatic rings. The van der Waals surface area contributed by atoms with Crippen LogP contribution in [0, 0.1) is 21.4 Å². The molecule has 9 nitrogen and oxygen atoms in total. The maximum absolute atomic E-state index is 11.0. The number of hydrogen-bond acceptors (Lipinski definition) is 7. The van der Waals surface area contributed by atoms with Gasteiger partial charge >= 0.3 is 0 Å². The normalized spacial score (nSPS) is 11.2. The molecule has 0 saturated heterocycles. The maximum atomic E-state index is 11.0. The number of H-pyrrole nitrogens is 1. The van der Waals surface area contributed by atoms with Gasteiger partial charge in [-0.1, -0.05) is 23.7 Å². The van der Waals surface area contributed by atoms with Crippen LogP contribution in [0.25, 0.3) is 22.7 Å². The van der Waals surface area contributed by atoms with Gasteiger partial charge in [-0.25, -0.2) is 4.98 Å². The van der Waals surface area contributed by atoms with Crippen molar-refractivity contribution in [2.45, 2.75) is 6.61 Å². The molecule has 0 radical (unpaired) electrons. The Morgan fingerprint density at radius 2 is 2.03 bits per heavy atom. The van der Waals surface area contributed by atoms with Crippen molar-refractivity contribution < 1.29 is 19.1 Å². The summed E-state index contributed by atoms with van der Waals surface area (Å²) in [5, 5.41) is 21.0. The summed E-state index contributed by atoms with van der Waals surface area (Å²) in [7, 11) is 3.05. The number of fused-ring (bicyclic) bond motifs is 1. The van der Waals surface area contributed by atoms with Crippen molar-refractivity contribution in [3.8, 4) is 23.3 Å². The molecule has 0 bridgehead atoms. The van der Waals surface area contributed by atoms with Crippen LogP contribution >= 0.6 is 11.6 Å². The first kappa shape index (κ1) is 23.6. The van der Waals surface area contributed by atoms with Crippen LogP contribution in [0.3, 0.4) is 0 Å². The lowest BCUT2D eigenvalue weighted by molar-refractivity contribution is -0.384. The molecule has 0 aliphatic heterocycles. The summed E-state index contributed by atoms with van der Waals surface area (Å²) in [6.07, 6.45) is 1.63. The number of nitro benzene ring substituents is 1. The van der Waals surface area contributed by atoms with E-state index < -0.39 is 4.92 Å². The van der Waals surface area contributed by atoms with Crippen LogP contribution in [0.5, 0.6) is 17.2 Å². The summed E-state index contributed by atoms with van der Waals surface area (Å²) in [6.45, 7) is 0.0544. The van der Waals surface area contributed by atoms with E-state index in [0.717, 1.165) is 5.52 Å². The van der Waals surface area contributed by atoms with Crippen LogP contribution in [0.2, 0.25) is 5.02 Å². The van der Waals surface area contributed by atoms with Gasteiger partial charge in [-0.2, -0.15) is 5.26 Å². The van der Waals surface area contributed by atoms with Gasteiger partial charge < -0.3 is 19.2 Å². The Morgan fingerprint density at radius 3 is 2.74 bits per heavy atom. The maximum Gasteiger partial charge on any atom is 0.269 e. The third kappa shape index (κ3) is 5.18. The van der Waals surface area contributed by atoms with Crippen LogP contribution in [-0.2, 0) is 6.61 Å².